The molecule has 0 aliphatic carbocycles. The number of nitrogens with zero attached hydrogens (tertiary/aromatic N) is 1. The highest BCUT2D eigenvalue weighted by atomic mass is 127. The number of amides is 1. The van der Waals surface area contributed by atoms with Gasteiger partial charge in [-0.2, -0.15) is 0 Å². The van der Waals surface area contributed by atoms with Crippen LogP contribution >= 0.6 is 50.1 Å². The monoisotopic (exact) mass is 480 g/mol. The van der Waals surface area contributed by atoms with Gasteiger partial charge in [-0.05, 0) is 52.9 Å². The van der Waals surface area contributed by atoms with E-state index in [0.29, 0.717) is 5.56 Å². The van der Waals surface area contributed by atoms with Crippen LogP contribution in [0.25, 0.3) is 0 Å². The fourth-order valence-corrected chi connectivity index (χ4v) is 2.73. The molecule has 2 aromatic rings. The molecule has 0 aliphatic heterocycles. The Morgan fingerprint density at radius 2 is 2.00 bits per heavy atom. The first-order valence-electron chi connectivity index (χ1n) is 5.59. The largest absolute Gasteiger partial charge is 0.316 e. The van der Waals surface area contributed by atoms with E-state index in [1.165, 1.54) is 18.2 Å². The quantitative estimate of drug-likeness (QED) is 0.386. The third-order valence-corrected chi connectivity index (χ3v) is 4.25. The Labute approximate surface area is 147 Å². The van der Waals surface area contributed by atoms with Gasteiger partial charge < -0.3 is 5.32 Å². The van der Waals surface area contributed by atoms with Gasteiger partial charge in [-0.15, -0.1) is 0 Å². The number of nitrogens with one attached hydrogen (secondary N) is 1. The van der Waals surface area contributed by atoms with Gasteiger partial charge in [0.2, 0.25) is 0 Å². The summed E-state index contributed by atoms with van der Waals surface area (Å²) in [6, 6.07) is 9.32. The van der Waals surface area contributed by atoms with Gasteiger partial charge >= 0.3 is 0 Å². The molecule has 5 nitrogen and oxygen atoms in total. The number of hydrogen-bond acceptors (Lipinski definition) is 3. The van der Waals surface area contributed by atoms with Crippen molar-refractivity contribution in [1.82, 2.24) is 0 Å². The van der Waals surface area contributed by atoms with E-state index in [2.05, 4.69) is 21.2 Å². The normalized spacial score (nSPS) is 10.2. The van der Waals surface area contributed by atoms with Crippen LogP contribution in [0.5, 0.6) is 0 Å². The second-order valence-corrected chi connectivity index (χ2v) is 6.51. The van der Waals surface area contributed by atoms with E-state index >= 15 is 0 Å². The average molecular weight is 481 g/mol. The molecule has 0 aromatic heterocycles. The third-order valence-electron chi connectivity index (χ3n) is 2.58. The zero-order chi connectivity index (χ0) is 15.6. The van der Waals surface area contributed by atoms with Crippen molar-refractivity contribution >= 4 is 67.4 Å². The van der Waals surface area contributed by atoms with Crippen molar-refractivity contribution < 1.29 is 9.72 Å². The van der Waals surface area contributed by atoms with Crippen LogP contribution in [0, 0.1) is 13.7 Å². The molecule has 0 aliphatic rings. The van der Waals surface area contributed by atoms with Crippen molar-refractivity contribution in [2.45, 2.75) is 0 Å². The van der Waals surface area contributed by atoms with E-state index in [-0.39, 0.29) is 16.4 Å². The second-order valence-electron chi connectivity index (χ2n) is 4.00. The lowest BCUT2D eigenvalue weighted by atomic mass is 10.2. The summed E-state index contributed by atoms with van der Waals surface area (Å²) in [4.78, 5) is 22.7. The molecule has 1 amide bonds. The fourth-order valence-electron chi connectivity index (χ4n) is 1.62. The van der Waals surface area contributed by atoms with Crippen LogP contribution in [0.15, 0.2) is 40.9 Å². The topological polar surface area (TPSA) is 72.2 Å². The molecule has 0 saturated carbocycles. The van der Waals surface area contributed by atoms with Crippen molar-refractivity contribution in [1.29, 1.82) is 0 Å². The Hall–Kier alpha value is -1.19. The van der Waals surface area contributed by atoms with E-state index in [4.69, 9.17) is 11.6 Å². The van der Waals surface area contributed by atoms with E-state index in [9.17, 15) is 14.9 Å². The van der Waals surface area contributed by atoms with Gasteiger partial charge in [0, 0.05) is 19.1 Å². The molecule has 2 rings (SSSR count). The van der Waals surface area contributed by atoms with E-state index in [0.717, 1.165) is 8.04 Å². The number of nitro groups is 1. The summed E-state index contributed by atoms with van der Waals surface area (Å²) in [6.45, 7) is 0. The highest BCUT2D eigenvalue weighted by Gasteiger charge is 2.18. The predicted molar refractivity (Wildman–Crippen MR) is 92.9 cm³/mol. The molecule has 0 spiro atoms. The molecule has 0 saturated heterocycles. The average Bonchev–Trinajstić information content (AvgIpc) is 2.43. The Balaban J connectivity index is 2.36. The van der Waals surface area contributed by atoms with Gasteiger partial charge in [0.1, 0.15) is 5.69 Å². The van der Waals surface area contributed by atoms with Gasteiger partial charge in [0.05, 0.1) is 10.5 Å². The Morgan fingerprint density at radius 3 is 2.67 bits per heavy atom. The highest BCUT2D eigenvalue weighted by Crippen LogP contribution is 2.28. The molecule has 0 radical (unpaired) electrons. The molecule has 21 heavy (non-hydrogen) atoms. The molecule has 0 unspecified atom stereocenters. The standard InChI is InChI=1S/C13H7BrClIN2O3/c14-7-1-3-10(16)9(5-7)13(19)17-11-4-2-8(15)6-12(11)18(20)21/h1-6H,(H,17,19). The lowest BCUT2D eigenvalue weighted by molar-refractivity contribution is -0.383. The summed E-state index contributed by atoms with van der Waals surface area (Å²) in [7, 11) is 0. The Bertz CT molecular complexity index is 739. The van der Waals surface area contributed by atoms with Crippen molar-refractivity contribution in [3.8, 4) is 0 Å². The Morgan fingerprint density at radius 1 is 1.29 bits per heavy atom. The first-order valence-corrected chi connectivity index (χ1v) is 7.84. The number of carbonyl (C=O) groups excluding carboxylic acids is 1. The number of rotatable bonds is 3. The number of carbonyl (C=O) groups is 1. The number of hydrogen-bond donors (Lipinski definition) is 1. The maximum atomic E-state index is 12.3. The molecule has 0 heterocycles. The molecule has 0 bridgehead atoms. The first kappa shape index (κ1) is 16.2. The first-order chi connectivity index (χ1) is 9.88. The molecule has 8 heteroatoms. The van der Waals surface area contributed by atoms with Gasteiger partial charge in [-0.1, -0.05) is 27.5 Å². The van der Waals surface area contributed by atoms with Gasteiger partial charge in [0.25, 0.3) is 11.6 Å². The number of halogens is 3. The van der Waals surface area contributed by atoms with E-state index in [1.807, 2.05) is 28.7 Å². The lowest BCUT2D eigenvalue weighted by Gasteiger charge is -2.08. The van der Waals surface area contributed by atoms with Crippen molar-refractivity contribution in [2.75, 3.05) is 5.32 Å². The van der Waals surface area contributed by atoms with Crippen molar-refractivity contribution in [3.63, 3.8) is 0 Å². The maximum Gasteiger partial charge on any atom is 0.294 e. The van der Waals surface area contributed by atoms with Crippen LogP contribution in [0.3, 0.4) is 0 Å². The van der Waals surface area contributed by atoms with E-state index in [1.54, 1.807) is 12.1 Å². The van der Waals surface area contributed by atoms with Gasteiger partial charge in [-0.3, -0.25) is 14.9 Å². The van der Waals surface area contributed by atoms with Gasteiger partial charge in [-0.25, -0.2) is 0 Å². The second kappa shape index (κ2) is 6.71. The van der Waals surface area contributed by atoms with Gasteiger partial charge in [0.15, 0.2) is 0 Å². The van der Waals surface area contributed by atoms with Crippen LogP contribution in [0.1, 0.15) is 10.4 Å². The minimum atomic E-state index is -0.590. The molecule has 0 fully saturated rings. The summed E-state index contributed by atoms with van der Waals surface area (Å²) in [5.41, 5.74) is 0.278. The summed E-state index contributed by atoms with van der Waals surface area (Å²) in [5, 5.41) is 13.8. The molecule has 0 atom stereocenters. The van der Waals surface area contributed by atoms with Crippen LogP contribution in [0.2, 0.25) is 5.02 Å². The minimum absolute atomic E-state index is 0.102. The maximum absolute atomic E-state index is 12.3. The summed E-state index contributed by atoms with van der Waals surface area (Å²) in [6.07, 6.45) is 0. The SMILES string of the molecule is O=C(Nc1ccc(Cl)cc1[N+](=O)[O-])c1cc(Br)ccc1I. The molecule has 2 aromatic carbocycles. The number of nitro benzene ring substituents is 1. The van der Waals surface area contributed by atoms with E-state index < -0.39 is 10.8 Å². The Kier molecular flexibility index (Phi) is 5.17. The number of anilines is 1. The third kappa shape index (κ3) is 3.92. The summed E-state index contributed by atoms with van der Waals surface area (Å²) >= 11 is 11.0. The minimum Gasteiger partial charge on any atom is -0.316 e. The van der Waals surface area contributed by atoms with Crippen molar-refractivity contribution in [3.05, 3.63) is 65.1 Å². The summed E-state index contributed by atoms with van der Waals surface area (Å²) in [5.74, 6) is -0.425. The van der Waals surface area contributed by atoms with Crippen molar-refractivity contribution in [2.24, 2.45) is 0 Å². The highest BCUT2D eigenvalue weighted by molar-refractivity contribution is 14.1. The zero-order valence-electron chi connectivity index (χ0n) is 10.3. The molecule has 1 N–H and O–H groups in total. The molecule has 108 valence electrons. The molecular weight excluding hydrogens is 474 g/mol. The van der Waals surface area contributed by atoms with Crippen LogP contribution in [-0.4, -0.2) is 10.8 Å². The summed E-state index contributed by atoms with van der Waals surface area (Å²) < 4.78 is 1.49. The fraction of sp³-hybridized carbons (Fsp3) is 0. The van der Waals surface area contributed by atoms with Crippen LogP contribution in [0.4, 0.5) is 11.4 Å². The molecular formula is C13H7BrClIN2O3. The predicted octanol–water partition coefficient (Wildman–Crippen LogP) is 4.87. The smallest absolute Gasteiger partial charge is 0.294 e. The van der Waals surface area contributed by atoms with Crippen LogP contribution < -0.4 is 5.32 Å². The number of benzene rings is 2. The lowest BCUT2D eigenvalue weighted by Crippen LogP contribution is -2.14. The zero-order valence-corrected chi connectivity index (χ0v) is 14.8. The van der Waals surface area contributed by atoms with Crippen LogP contribution in [-0.2, 0) is 0 Å².